The van der Waals surface area contributed by atoms with Gasteiger partial charge >= 0.3 is 5.97 Å². The molecule has 0 aliphatic rings. The molecule has 5 heteroatoms. The Morgan fingerprint density at radius 2 is 1.66 bits per heavy atom. The molecule has 0 saturated carbocycles. The molecule has 3 rings (SSSR count). The number of nitrogens with zero attached hydrogens (tertiary/aromatic N) is 1. The van der Waals surface area contributed by atoms with Gasteiger partial charge in [-0.05, 0) is 41.5 Å². The first-order chi connectivity index (χ1) is 14.2. The smallest absolute Gasteiger partial charge is 0.349 e. The summed E-state index contributed by atoms with van der Waals surface area (Å²) in [5, 5.41) is 9.39. The van der Waals surface area contributed by atoms with Gasteiger partial charge in [-0.15, -0.1) is 0 Å². The third-order valence-electron chi connectivity index (χ3n) is 4.03. The van der Waals surface area contributed by atoms with Crippen LogP contribution < -0.4 is 14.2 Å². The maximum atomic E-state index is 12.0. The van der Waals surface area contributed by atoms with Gasteiger partial charge < -0.3 is 14.2 Å². The third kappa shape index (κ3) is 5.72. The fraction of sp³-hybridized carbons (Fsp3) is 0.0833. The minimum atomic E-state index is -0.516. The molecule has 144 valence electrons. The van der Waals surface area contributed by atoms with E-state index in [4.69, 9.17) is 14.2 Å². The number of benzene rings is 3. The van der Waals surface area contributed by atoms with Gasteiger partial charge in [0.2, 0.25) is 0 Å². The van der Waals surface area contributed by atoms with Crippen molar-refractivity contribution in [3.8, 4) is 23.3 Å². The molecule has 0 radical (unpaired) electrons. The SMILES string of the molecule is COc1cccc(OCC(=O)Oc2ccc(/C=C(/C#N)c3ccccc3)cc2)c1. The molecule has 5 nitrogen and oxygen atoms in total. The van der Waals surface area contributed by atoms with Gasteiger partial charge in [0.05, 0.1) is 18.8 Å². The monoisotopic (exact) mass is 385 g/mol. The maximum Gasteiger partial charge on any atom is 0.349 e. The van der Waals surface area contributed by atoms with Gasteiger partial charge in [0.25, 0.3) is 0 Å². The Kier molecular flexibility index (Phi) is 6.64. The summed E-state index contributed by atoms with van der Waals surface area (Å²) in [4.78, 5) is 12.0. The van der Waals surface area contributed by atoms with Gasteiger partial charge in [-0.2, -0.15) is 5.26 Å². The van der Waals surface area contributed by atoms with Gasteiger partial charge in [-0.3, -0.25) is 0 Å². The van der Waals surface area contributed by atoms with Crippen LogP contribution in [0.5, 0.6) is 17.2 Å². The number of allylic oxidation sites excluding steroid dienone is 1. The average Bonchev–Trinajstić information content (AvgIpc) is 2.78. The molecule has 0 aromatic heterocycles. The highest BCUT2D eigenvalue weighted by Gasteiger charge is 2.07. The van der Waals surface area contributed by atoms with Crippen LogP contribution in [0.4, 0.5) is 0 Å². The summed E-state index contributed by atoms with van der Waals surface area (Å²) in [6.07, 6.45) is 1.78. The van der Waals surface area contributed by atoms with Crippen LogP contribution in [-0.2, 0) is 4.79 Å². The second-order valence-corrected chi connectivity index (χ2v) is 6.05. The summed E-state index contributed by atoms with van der Waals surface area (Å²) in [5.41, 5.74) is 2.24. The number of carbonyl (C=O) groups is 1. The predicted octanol–water partition coefficient (Wildman–Crippen LogP) is 4.74. The van der Waals surface area contributed by atoms with E-state index in [1.807, 2.05) is 30.3 Å². The minimum absolute atomic E-state index is 0.221. The Morgan fingerprint density at radius 3 is 2.34 bits per heavy atom. The van der Waals surface area contributed by atoms with Crippen molar-refractivity contribution >= 4 is 17.6 Å². The molecule has 0 aliphatic heterocycles. The molecule has 0 atom stereocenters. The van der Waals surface area contributed by atoms with Gasteiger partial charge in [0.1, 0.15) is 17.2 Å². The third-order valence-corrected chi connectivity index (χ3v) is 4.03. The highest BCUT2D eigenvalue weighted by molar-refractivity contribution is 5.89. The molecule has 0 aliphatic carbocycles. The number of hydrogen-bond acceptors (Lipinski definition) is 5. The van der Waals surface area contributed by atoms with E-state index in [2.05, 4.69) is 6.07 Å². The molecule has 29 heavy (non-hydrogen) atoms. The van der Waals surface area contributed by atoms with Crippen LogP contribution in [0.3, 0.4) is 0 Å². The molecular formula is C24H19NO4. The molecule has 0 heterocycles. The number of rotatable bonds is 7. The van der Waals surface area contributed by atoms with Crippen LogP contribution in [0.1, 0.15) is 11.1 Å². The lowest BCUT2D eigenvalue weighted by Gasteiger charge is -2.08. The van der Waals surface area contributed by atoms with E-state index in [0.717, 1.165) is 11.1 Å². The standard InChI is InChI=1S/C24H19NO4/c1-27-22-8-5-9-23(15-22)28-17-24(26)29-21-12-10-18(11-13-21)14-20(16-25)19-6-3-2-4-7-19/h2-15H,17H2,1H3/b20-14-. The fourth-order valence-corrected chi connectivity index (χ4v) is 2.59. The summed E-state index contributed by atoms with van der Waals surface area (Å²) in [6.45, 7) is -0.221. The zero-order valence-corrected chi connectivity index (χ0v) is 15.9. The van der Waals surface area contributed by atoms with Crippen LogP contribution in [-0.4, -0.2) is 19.7 Å². The fourth-order valence-electron chi connectivity index (χ4n) is 2.59. The molecule has 0 spiro atoms. The zero-order chi connectivity index (χ0) is 20.5. The van der Waals surface area contributed by atoms with Gasteiger partial charge in [0.15, 0.2) is 6.61 Å². The van der Waals surface area contributed by atoms with E-state index < -0.39 is 5.97 Å². The molecule has 0 unspecified atom stereocenters. The second-order valence-electron chi connectivity index (χ2n) is 6.05. The van der Waals surface area contributed by atoms with Crippen molar-refractivity contribution < 1.29 is 19.0 Å². The van der Waals surface area contributed by atoms with Gasteiger partial charge in [-0.25, -0.2) is 4.79 Å². The van der Waals surface area contributed by atoms with E-state index >= 15 is 0 Å². The average molecular weight is 385 g/mol. The zero-order valence-electron chi connectivity index (χ0n) is 15.9. The Hall–Kier alpha value is -4.04. The van der Waals surface area contributed by atoms with Crippen molar-refractivity contribution in [2.45, 2.75) is 0 Å². The van der Waals surface area contributed by atoms with Gasteiger partial charge in [-0.1, -0.05) is 48.5 Å². The van der Waals surface area contributed by atoms with Crippen molar-refractivity contribution in [2.24, 2.45) is 0 Å². The summed E-state index contributed by atoms with van der Waals surface area (Å²) in [7, 11) is 1.56. The van der Waals surface area contributed by atoms with Crippen LogP contribution in [0.25, 0.3) is 11.6 Å². The first-order valence-electron chi connectivity index (χ1n) is 8.93. The van der Waals surface area contributed by atoms with E-state index in [1.165, 1.54) is 0 Å². The molecule has 3 aromatic rings. The number of carbonyl (C=O) groups excluding carboxylic acids is 1. The topological polar surface area (TPSA) is 68.6 Å². The van der Waals surface area contributed by atoms with Crippen molar-refractivity contribution in [1.82, 2.24) is 0 Å². The maximum absolute atomic E-state index is 12.0. The Labute approximate surface area is 169 Å². The summed E-state index contributed by atoms with van der Waals surface area (Å²) >= 11 is 0. The molecule has 3 aromatic carbocycles. The van der Waals surface area contributed by atoms with E-state index in [1.54, 1.807) is 61.7 Å². The van der Waals surface area contributed by atoms with Crippen LogP contribution in [0.2, 0.25) is 0 Å². The minimum Gasteiger partial charge on any atom is -0.497 e. The van der Waals surface area contributed by atoms with Crippen LogP contribution >= 0.6 is 0 Å². The largest absolute Gasteiger partial charge is 0.497 e. The van der Waals surface area contributed by atoms with E-state index in [-0.39, 0.29) is 6.61 Å². The Bertz CT molecular complexity index is 1030. The van der Waals surface area contributed by atoms with Crippen LogP contribution in [0.15, 0.2) is 78.9 Å². The molecule has 0 amide bonds. The number of hydrogen-bond donors (Lipinski definition) is 0. The van der Waals surface area contributed by atoms with Gasteiger partial charge in [0, 0.05) is 6.07 Å². The Balaban J connectivity index is 1.59. The second kappa shape index (κ2) is 9.77. The summed E-state index contributed by atoms with van der Waals surface area (Å²) < 4.78 is 15.8. The van der Waals surface area contributed by atoms with Crippen molar-refractivity contribution in [3.05, 3.63) is 90.0 Å². The molecular weight excluding hydrogens is 366 g/mol. The van der Waals surface area contributed by atoms with E-state index in [0.29, 0.717) is 22.8 Å². The number of esters is 1. The Morgan fingerprint density at radius 1 is 0.931 bits per heavy atom. The lowest BCUT2D eigenvalue weighted by Crippen LogP contribution is -2.17. The number of nitriles is 1. The lowest BCUT2D eigenvalue weighted by atomic mass is 10.0. The number of methoxy groups -OCH3 is 1. The first kappa shape index (κ1) is 19.7. The number of ether oxygens (including phenoxy) is 3. The highest BCUT2D eigenvalue weighted by atomic mass is 16.6. The molecule has 0 bridgehead atoms. The van der Waals surface area contributed by atoms with E-state index in [9.17, 15) is 10.1 Å². The quantitative estimate of drug-likeness (QED) is 0.254. The molecule has 0 saturated heterocycles. The lowest BCUT2D eigenvalue weighted by molar-refractivity contribution is -0.136. The highest BCUT2D eigenvalue weighted by Crippen LogP contribution is 2.21. The summed E-state index contributed by atoms with van der Waals surface area (Å²) in [5.74, 6) is 1.05. The van der Waals surface area contributed by atoms with Crippen molar-refractivity contribution in [2.75, 3.05) is 13.7 Å². The summed E-state index contributed by atoms with van der Waals surface area (Å²) in [6, 6.07) is 25.5. The normalized spacial score (nSPS) is 10.7. The van der Waals surface area contributed by atoms with Crippen molar-refractivity contribution in [3.63, 3.8) is 0 Å². The predicted molar refractivity (Wildman–Crippen MR) is 110 cm³/mol. The van der Waals surface area contributed by atoms with Crippen molar-refractivity contribution in [1.29, 1.82) is 5.26 Å². The molecule has 0 N–H and O–H groups in total. The van der Waals surface area contributed by atoms with Crippen LogP contribution in [0, 0.1) is 11.3 Å². The molecule has 0 fully saturated rings. The first-order valence-corrected chi connectivity index (χ1v) is 8.93.